The Kier molecular flexibility index (Phi) is 7.08. The minimum atomic E-state index is -0.151. The Morgan fingerprint density at radius 1 is 0.389 bits per heavy atom. The minimum absolute atomic E-state index is 0.151. The summed E-state index contributed by atoms with van der Waals surface area (Å²) in [5.41, 5.74) is 7.04. The van der Waals surface area contributed by atoms with Crippen LogP contribution >= 0.6 is 0 Å². The zero-order valence-electron chi connectivity index (χ0n) is 19.9. The predicted octanol–water partition coefficient (Wildman–Crippen LogP) is 7.61. The minimum Gasteiger partial charge on any atom is -0.392 e. The molecule has 0 aliphatic carbocycles. The molecule has 0 unspecified atom stereocenters. The second kappa shape index (κ2) is 10.9. The topological polar surface area (TPSA) is 46.9 Å². The Labute approximate surface area is 211 Å². The van der Waals surface area contributed by atoms with Gasteiger partial charge >= 0.3 is 0 Å². The second-order valence-corrected chi connectivity index (χ2v) is 8.44. The first-order valence-corrected chi connectivity index (χ1v) is 12.0. The average Bonchev–Trinajstić information content (AvgIpc) is 2.96. The maximum Gasteiger partial charge on any atom is 0.0703 e. The van der Waals surface area contributed by atoms with Gasteiger partial charge in [0.05, 0.1) is 24.6 Å². The van der Waals surface area contributed by atoms with Crippen LogP contribution in [0.25, 0.3) is 0 Å². The number of hydrogen-bond donors (Lipinski definition) is 2. The lowest BCUT2D eigenvalue weighted by molar-refractivity contribution is 0.279. The summed E-state index contributed by atoms with van der Waals surface area (Å²) in [6, 6.07) is 44.2. The lowest BCUT2D eigenvalue weighted by atomic mass is 10.0. The van der Waals surface area contributed by atoms with Crippen molar-refractivity contribution < 1.29 is 10.2 Å². The van der Waals surface area contributed by atoms with E-state index in [1.165, 1.54) is 0 Å². The van der Waals surface area contributed by atoms with E-state index in [0.29, 0.717) is 0 Å². The van der Waals surface area contributed by atoms with Crippen LogP contribution in [0.4, 0.5) is 34.1 Å². The predicted molar refractivity (Wildman–Crippen MR) is 148 cm³/mol. The summed E-state index contributed by atoms with van der Waals surface area (Å²) in [4.78, 5) is 4.23. The highest BCUT2D eigenvalue weighted by Gasteiger charge is 2.22. The van der Waals surface area contributed by atoms with E-state index in [2.05, 4.69) is 9.80 Å². The molecule has 2 N–H and O–H groups in total. The number of para-hydroxylation sites is 4. The molecule has 0 aliphatic heterocycles. The van der Waals surface area contributed by atoms with Gasteiger partial charge in [-0.1, -0.05) is 72.8 Å². The molecule has 0 saturated heterocycles. The highest BCUT2D eigenvalue weighted by molar-refractivity contribution is 5.84. The lowest BCUT2D eigenvalue weighted by Gasteiger charge is -2.32. The first kappa shape index (κ1) is 23.4. The van der Waals surface area contributed by atoms with E-state index in [-0.39, 0.29) is 13.2 Å². The van der Waals surface area contributed by atoms with Gasteiger partial charge in [0.15, 0.2) is 0 Å². The van der Waals surface area contributed by atoms with Gasteiger partial charge in [0, 0.05) is 33.9 Å². The van der Waals surface area contributed by atoms with Crippen molar-refractivity contribution in [1.82, 2.24) is 0 Å². The molecule has 0 aliphatic rings. The van der Waals surface area contributed by atoms with E-state index in [0.717, 1.165) is 45.3 Å². The molecule has 0 bridgehead atoms. The fourth-order valence-electron chi connectivity index (χ4n) is 4.50. The first-order chi connectivity index (χ1) is 17.8. The monoisotopic (exact) mass is 472 g/mol. The molecule has 4 nitrogen and oxygen atoms in total. The molecule has 178 valence electrons. The van der Waals surface area contributed by atoms with Crippen molar-refractivity contribution in [3.05, 3.63) is 145 Å². The van der Waals surface area contributed by atoms with Crippen molar-refractivity contribution in [1.29, 1.82) is 0 Å². The number of rotatable bonds is 8. The third kappa shape index (κ3) is 4.73. The third-order valence-electron chi connectivity index (χ3n) is 6.16. The van der Waals surface area contributed by atoms with Gasteiger partial charge in [0.2, 0.25) is 0 Å². The maximum atomic E-state index is 10.6. The molecule has 0 amide bonds. The number of nitrogens with zero attached hydrogens (tertiary/aromatic N) is 2. The normalized spacial score (nSPS) is 10.7. The van der Waals surface area contributed by atoms with E-state index >= 15 is 0 Å². The molecule has 0 aromatic heterocycles. The number of aliphatic hydroxyl groups is 2. The van der Waals surface area contributed by atoms with Crippen LogP contribution in [-0.2, 0) is 13.2 Å². The summed E-state index contributed by atoms with van der Waals surface area (Å²) in [6.45, 7) is -0.302. The number of aliphatic hydroxyl groups excluding tert-OH is 2. The van der Waals surface area contributed by atoms with Gasteiger partial charge in [0.1, 0.15) is 0 Å². The van der Waals surface area contributed by atoms with Gasteiger partial charge in [0.25, 0.3) is 0 Å². The number of anilines is 6. The van der Waals surface area contributed by atoms with Crippen molar-refractivity contribution in [3.8, 4) is 0 Å². The molecule has 0 radical (unpaired) electrons. The van der Waals surface area contributed by atoms with Gasteiger partial charge in [-0.2, -0.15) is 0 Å². The molecule has 36 heavy (non-hydrogen) atoms. The van der Waals surface area contributed by atoms with Crippen molar-refractivity contribution in [3.63, 3.8) is 0 Å². The zero-order chi connectivity index (χ0) is 24.7. The Morgan fingerprint density at radius 3 is 0.861 bits per heavy atom. The molecular weight excluding hydrogens is 444 g/mol. The molecule has 0 atom stereocenters. The standard InChI is InChI=1S/C32H28N2O2/c35-23-25-22-32(34(29-17-9-3-10-18-29)30-19-11-4-12-20-30)26(24-36)21-31(25)33(27-13-5-1-6-14-27)28-15-7-2-8-16-28/h1-22,35-36H,23-24H2. The highest BCUT2D eigenvalue weighted by atomic mass is 16.3. The summed E-state index contributed by atoms with van der Waals surface area (Å²) < 4.78 is 0. The first-order valence-electron chi connectivity index (χ1n) is 12.0. The van der Waals surface area contributed by atoms with Gasteiger partial charge in [-0.05, 0) is 60.7 Å². The lowest BCUT2D eigenvalue weighted by Crippen LogP contribution is -2.16. The molecule has 0 heterocycles. The van der Waals surface area contributed by atoms with Crippen molar-refractivity contribution >= 4 is 34.1 Å². The smallest absolute Gasteiger partial charge is 0.0703 e. The third-order valence-corrected chi connectivity index (χ3v) is 6.16. The quantitative estimate of drug-likeness (QED) is 0.244. The van der Waals surface area contributed by atoms with Crippen LogP contribution in [0.15, 0.2) is 133 Å². The van der Waals surface area contributed by atoms with Gasteiger partial charge in [-0.15, -0.1) is 0 Å². The molecular formula is C32H28N2O2. The van der Waals surface area contributed by atoms with Crippen molar-refractivity contribution in [2.24, 2.45) is 0 Å². The van der Waals surface area contributed by atoms with Crippen LogP contribution < -0.4 is 9.80 Å². The molecule has 5 rings (SSSR count). The summed E-state index contributed by atoms with van der Waals surface area (Å²) >= 11 is 0. The summed E-state index contributed by atoms with van der Waals surface area (Å²) in [6.07, 6.45) is 0. The van der Waals surface area contributed by atoms with Gasteiger partial charge in [-0.25, -0.2) is 0 Å². The van der Waals surface area contributed by atoms with E-state index in [9.17, 15) is 10.2 Å². The molecule has 0 saturated carbocycles. The zero-order valence-corrected chi connectivity index (χ0v) is 19.9. The van der Waals surface area contributed by atoms with E-state index in [1.54, 1.807) is 0 Å². The van der Waals surface area contributed by atoms with Crippen LogP contribution in [-0.4, -0.2) is 10.2 Å². The summed E-state index contributed by atoms with van der Waals surface area (Å²) in [7, 11) is 0. The van der Waals surface area contributed by atoms with E-state index < -0.39 is 0 Å². The van der Waals surface area contributed by atoms with Crippen LogP contribution in [0.5, 0.6) is 0 Å². The molecule has 0 fully saturated rings. The molecule has 0 spiro atoms. The Bertz CT molecular complexity index is 1200. The summed E-state index contributed by atoms with van der Waals surface area (Å²) in [5, 5.41) is 21.1. The maximum absolute atomic E-state index is 10.6. The Morgan fingerprint density at radius 2 is 0.639 bits per heavy atom. The van der Waals surface area contributed by atoms with Crippen molar-refractivity contribution in [2.75, 3.05) is 9.80 Å². The number of benzene rings is 5. The summed E-state index contributed by atoms with van der Waals surface area (Å²) in [5.74, 6) is 0. The SMILES string of the molecule is OCc1cc(N(c2ccccc2)c2ccccc2)c(CO)cc1N(c1ccccc1)c1ccccc1. The number of hydrogen-bond acceptors (Lipinski definition) is 4. The second-order valence-electron chi connectivity index (χ2n) is 8.44. The van der Waals surface area contributed by atoms with E-state index in [1.807, 2.05) is 133 Å². The van der Waals surface area contributed by atoms with Crippen molar-refractivity contribution in [2.45, 2.75) is 13.2 Å². The average molecular weight is 473 g/mol. The van der Waals surface area contributed by atoms with Gasteiger partial charge < -0.3 is 20.0 Å². The Balaban J connectivity index is 1.73. The molecule has 4 heteroatoms. The fraction of sp³-hybridized carbons (Fsp3) is 0.0625. The molecule has 5 aromatic rings. The highest BCUT2D eigenvalue weighted by Crippen LogP contribution is 2.43. The molecule has 5 aromatic carbocycles. The fourth-order valence-corrected chi connectivity index (χ4v) is 4.50. The van der Waals surface area contributed by atoms with E-state index in [4.69, 9.17) is 0 Å². The largest absolute Gasteiger partial charge is 0.392 e. The Hall–Kier alpha value is -4.38. The van der Waals surface area contributed by atoms with Crippen LogP contribution in [0.2, 0.25) is 0 Å². The van der Waals surface area contributed by atoms with Crippen LogP contribution in [0, 0.1) is 0 Å². The van der Waals surface area contributed by atoms with Gasteiger partial charge in [-0.3, -0.25) is 0 Å². The van der Waals surface area contributed by atoms with Crippen LogP contribution in [0.3, 0.4) is 0 Å². The van der Waals surface area contributed by atoms with Crippen LogP contribution in [0.1, 0.15) is 11.1 Å².